The Morgan fingerprint density at radius 1 is 1.32 bits per heavy atom. The third kappa shape index (κ3) is 3.38. The number of thioether (sulfide) groups is 1. The highest BCUT2D eigenvalue weighted by Gasteiger charge is 2.22. The second-order valence-electron chi connectivity index (χ2n) is 4.47. The summed E-state index contributed by atoms with van der Waals surface area (Å²) in [4.78, 5) is 0. The Morgan fingerprint density at radius 3 is 2.89 bits per heavy atom. The number of hydrogen-bond donors (Lipinski definition) is 1. The molecular formula is C13H14BrN3OS. The van der Waals surface area contributed by atoms with Gasteiger partial charge >= 0.3 is 0 Å². The molecule has 1 aliphatic heterocycles. The lowest BCUT2D eigenvalue weighted by Gasteiger charge is -2.02. The van der Waals surface area contributed by atoms with Gasteiger partial charge in [-0.3, -0.25) is 0 Å². The van der Waals surface area contributed by atoms with Gasteiger partial charge in [-0.1, -0.05) is 39.8 Å². The van der Waals surface area contributed by atoms with E-state index in [0.717, 1.165) is 29.1 Å². The van der Waals surface area contributed by atoms with Gasteiger partial charge in [0.05, 0.1) is 6.04 Å². The summed E-state index contributed by atoms with van der Waals surface area (Å²) in [5, 5.41) is 12.2. The Kier molecular flexibility index (Phi) is 4.20. The van der Waals surface area contributed by atoms with E-state index in [-0.39, 0.29) is 6.04 Å². The molecule has 19 heavy (non-hydrogen) atoms. The summed E-state index contributed by atoms with van der Waals surface area (Å²) in [6.45, 7) is 1.04. The zero-order chi connectivity index (χ0) is 13.1. The van der Waals surface area contributed by atoms with Crippen LogP contribution in [-0.4, -0.2) is 16.7 Å². The highest BCUT2D eigenvalue weighted by molar-refractivity contribution is 9.10. The maximum Gasteiger partial charge on any atom is 0.276 e. The molecule has 1 unspecified atom stereocenters. The molecule has 1 aromatic heterocycles. The van der Waals surface area contributed by atoms with E-state index in [4.69, 9.17) is 4.42 Å². The van der Waals surface area contributed by atoms with Crippen LogP contribution in [0.15, 0.2) is 38.4 Å². The highest BCUT2D eigenvalue weighted by atomic mass is 79.9. The molecule has 1 aliphatic rings. The normalized spacial score (nSPS) is 18.9. The average molecular weight is 340 g/mol. The minimum Gasteiger partial charge on any atom is -0.414 e. The third-order valence-corrected chi connectivity index (χ3v) is 4.47. The van der Waals surface area contributed by atoms with Crippen molar-refractivity contribution >= 4 is 27.7 Å². The predicted molar refractivity (Wildman–Crippen MR) is 78.0 cm³/mol. The summed E-state index contributed by atoms with van der Waals surface area (Å²) in [7, 11) is 0. The summed E-state index contributed by atoms with van der Waals surface area (Å²) in [5.41, 5.74) is 1.24. The van der Waals surface area contributed by atoms with Crippen molar-refractivity contribution < 1.29 is 4.42 Å². The number of nitrogens with zero attached hydrogens (tertiary/aromatic N) is 2. The maximum absolute atomic E-state index is 5.68. The van der Waals surface area contributed by atoms with E-state index < -0.39 is 0 Å². The van der Waals surface area contributed by atoms with Gasteiger partial charge in [-0.25, -0.2) is 0 Å². The van der Waals surface area contributed by atoms with E-state index in [1.807, 2.05) is 12.1 Å². The predicted octanol–water partition coefficient (Wildman–Crippen LogP) is 3.55. The zero-order valence-electron chi connectivity index (χ0n) is 10.3. The van der Waals surface area contributed by atoms with Crippen LogP contribution in [0.3, 0.4) is 0 Å². The van der Waals surface area contributed by atoms with Crippen LogP contribution < -0.4 is 5.32 Å². The second-order valence-corrected chi connectivity index (χ2v) is 6.31. The van der Waals surface area contributed by atoms with E-state index >= 15 is 0 Å². The summed E-state index contributed by atoms with van der Waals surface area (Å²) < 4.78 is 6.77. The van der Waals surface area contributed by atoms with Crippen molar-refractivity contribution in [3.05, 3.63) is 40.2 Å². The second kappa shape index (κ2) is 6.07. The Labute approximate surface area is 124 Å². The van der Waals surface area contributed by atoms with E-state index in [0.29, 0.717) is 5.22 Å². The lowest BCUT2D eigenvalue weighted by molar-refractivity contribution is 0.374. The van der Waals surface area contributed by atoms with Crippen LogP contribution in [0.2, 0.25) is 0 Å². The molecule has 3 rings (SSSR count). The van der Waals surface area contributed by atoms with Crippen LogP contribution in [0, 0.1) is 0 Å². The van der Waals surface area contributed by atoms with Gasteiger partial charge in [-0.15, -0.1) is 10.2 Å². The number of nitrogens with one attached hydrogen (secondary N) is 1. The van der Waals surface area contributed by atoms with E-state index in [1.54, 1.807) is 11.8 Å². The molecule has 0 aliphatic carbocycles. The van der Waals surface area contributed by atoms with E-state index in [2.05, 4.69) is 43.6 Å². The number of aromatic nitrogens is 2. The molecule has 0 spiro atoms. The molecule has 0 saturated carbocycles. The molecule has 0 amide bonds. The molecule has 4 nitrogen and oxygen atoms in total. The number of halogens is 1. The molecule has 1 saturated heterocycles. The number of rotatable bonds is 4. The first-order valence-corrected chi connectivity index (χ1v) is 8.03. The van der Waals surface area contributed by atoms with Gasteiger partial charge in [0.2, 0.25) is 5.89 Å². The van der Waals surface area contributed by atoms with Crippen molar-refractivity contribution in [1.29, 1.82) is 0 Å². The van der Waals surface area contributed by atoms with Crippen molar-refractivity contribution in [2.45, 2.75) is 29.9 Å². The lowest BCUT2D eigenvalue weighted by atomic mass is 10.2. The Balaban J connectivity index is 1.59. The molecule has 0 radical (unpaired) electrons. The molecule has 1 aromatic carbocycles. The van der Waals surface area contributed by atoms with E-state index in [1.165, 1.54) is 12.0 Å². The van der Waals surface area contributed by atoms with Crippen molar-refractivity contribution in [2.75, 3.05) is 6.54 Å². The first kappa shape index (κ1) is 13.1. The number of benzene rings is 1. The average Bonchev–Trinajstić information content (AvgIpc) is 3.09. The quantitative estimate of drug-likeness (QED) is 0.863. The Hall–Kier alpha value is -0.850. The van der Waals surface area contributed by atoms with Crippen LogP contribution in [0.25, 0.3) is 0 Å². The minimum atomic E-state index is 0.245. The number of hydrogen-bond acceptors (Lipinski definition) is 5. The first-order chi connectivity index (χ1) is 9.31. The summed E-state index contributed by atoms with van der Waals surface area (Å²) in [5.74, 6) is 1.56. The van der Waals surface area contributed by atoms with Crippen molar-refractivity contribution in [2.24, 2.45) is 0 Å². The van der Waals surface area contributed by atoms with Crippen LogP contribution in [0.5, 0.6) is 0 Å². The fraction of sp³-hybridized carbons (Fsp3) is 0.385. The van der Waals surface area contributed by atoms with Gasteiger partial charge in [0.25, 0.3) is 5.22 Å². The molecule has 2 heterocycles. The smallest absolute Gasteiger partial charge is 0.276 e. The van der Waals surface area contributed by atoms with Gasteiger partial charge in [0.1, 0.15) is 0 Å². The van der Waals surface area contributed by atoms with Gasteiger partial charge in [0, 0.05) is 10.2 Å². The molecule has 1 atom stereocenters. The Bertz CT molecular complexity index is 537. The summed E-state index contributed by atoms with van der Waals surface area (Å²) in [6.07, 6.45) is 2.26. The van der Waals surface area contributed by atoms with E-state index in [9.17, 15) is 0 Å². The highest BCUT2D eigenvalue weighted by Crippen LogP contribution is 2.27. The maximum atomic E-state index is 5.68. The molecular weight excluding hydrogens is 326 g/mol. The van der Waals surface area contributed by atoms with Gasteiger partial charge in [0.15, 0.2) is 0 Å². The van der Waals surface area contributed by atoms with Gasteiger partial charge in [-0.2, -0.15) is 0 Å². The summed E-state index contributed by atoms with van der Waals surface area (Å²) in [6, 6.07) is 8.50. The van der Waals surface area contributed by atoms with Crippen molar-refractivity contribution in [3.8, 4) is 0 Å². The first-order valence-electron chi connectivity index (χ1n) is 6.25. The van der Waals surface area contributed by atoms with Crippen LogP contribution >= 0.6 is 27.7 Å². The van der Waals surface area contributed by atoms with Crippen LogP contribution in [-0.2, 0) is 5.75 Å². The molecule has 100 valence electrons. The Morgan fingerprint density at radius 2 is 2.16 bits per heavy atom. The van der Waals surface area contributed by atoms with Gasteiger partial charge < -0.3 is 9.73 Å². The fourth-order valence-electron chi connectivity index (χ4n) is 2.04. The molecule has 0 bridgehead atoms. The fourth-order valence-corrected chi connectivity index (χ4v) is 3.03. The topological polar surface area (TPSA) is 51.0 Å². The minimum absolute atomic E-state index is 0.245. The SMILES string of the molecule is Brc1ccc(CSc2nnc(C3CCCN3)o2)cc1. The van der Waals surface area contributed by atoms with Crippen LogP contribution in [0.1, 0.15) is 30.3 Å². The lowest BCUT2D eigenvalue weighted by Crippen LogP contribution is -2.12. The molecule has 1 fully saturated rings. The third-order valence-electron chi connectivity index (χ3n) is 3.06. The zero-order valence-corrected chi connectivity index (χ0v) is 12.7. The molecule has 1 N–H and O–H groups in total. The van der Waals surface area contributed by atoms with Crippen LogP contribution in [0.4, 0.5) is 0 Å². The standard InChI is InChI=1S/C13H14BrN3OS/c14-10-5-3-9(4-6-10)8-19-13-17-16-12(18-13)11-2-1-7-15-11/h3-6,11,15H,1-2,7-8H2. The monoisotopic (exact) mass is 339 g/mol. The van der Waals surface area contributed by atoms with Crippen molar-refractivity contribution in [1.82, 2.24) is 15.5 Å². The van der Waals surface area contributed by atoms with Crippen molar-refractivity contribution in [3.63, 3.8) is 0 Å². The molecule has 2 aromatic rings. The summed E-state index contributed by atoms with van der Waals surface area (Å²) >= 11 is 5.00. The van der Waals surface area contributed by atoms with Gasteiger partial charge in [-0.05, 0) is 37.1 Å². The molecule has 6 heteroatoms. The largest absolute Gasteiger partial charge is 0.414 e.